The van der Waals surface area contributed by atoms with Crippen LogP contribution in [0.5, 0.6) is 5.75 Å². The summed E-state index contributed by atoms with van der Waals surface area (Å²) in [5, 5.41) is 26.7. The first-order chi connectivity index (χ1) is 36.4. The topological polar surface area (TPSA) is 211 Å². The largest absolute Gasteiger partial charge is 1.00 e. The number of phosphoric acid groups is 1. The van der Waals surface area contributed by atoms with Crippen LogP contribution in [0, 0.1) is 40.4 Å². The summed E-state index contributed by atoms with van der Waals surface area (Å²) in [6, 6.07) is 15.4. The fraction of sp³-hybridized carbons (Fsp3) is 0.678. The number of benzene rings is 2. The van der Waals surface area contributed by atoms with Gasteiger partial charge in [0.25, 0.3) is 0 Å². The number of ether oxygens (including phenoxy) is 4. The summed E-state index contributed by atoms with van der Waals surface area (Å²) < 4.78 is 43.2. The van der Waals surface area contributed by atoms with Gasteiger partial charge in [-0.2, -0.15) is 0 Å². The Hall–Kier alpha value is -3.51. The number of aliphatic hydroxyl groups is 2. The quantitative estimate of drug-likeness (QED) is 0.0529. The van der Waals surface area contributed by atoms with Crippen molar-refractivity contribution < 1.29 is 79.3 Å². The van der Waals surface area contributed by atoms with Gasteiger partial charge in [0.2, 0.25) is 0 Å². The molecule has 8 atom stereocenters. The van der Waals surface area contributed by atoms with Crippen LogP contribution in [0.25, 0.3) is 0 Å². The number of amides is 1. The highest BCUT2D eigenvalue weighted by atomic mass is 35.5. The Labute approximate surface area is 461 Å². The highest BCUT2D eigenvalue weighted by Crippen LogP contribution is 2.71. The van der Waals surface area contributed by atoms with Gasteiger partial charge in [-0.05, 0) is 117 Å². The highest BCUT2D eigenvalue weighted by molar-refractivity contribution is 7.46. The van der Waals surface area contributed by atoms with Gasteiger partial charge in [0.15, 0.2) is 30.3 Å². The van der Waals surface area contributed by atoms with Gasteiger partial charge in [0.05, 0.1) is 45.4 Å². The van der Waals surface area contributed by atoms with Crippen LogP contribution >= 0.6 is 7.82 Å². The van der Waals surface area contributed by atoms with Crippen molar-refractivity contribution in [3.8, 4) is 5.75 Å². The molecule has 16 nitrogen and oxygen atoms in total. The van der Waals surface area contributed by atoms with Crippen molar-refractivity contribution in [2.45, 2.75) is 147 Å². The van der Waals surface area contributed by atoms with Gasteiger partial charge in [-0.15, -0.1) is 0 Å². The number of unbranched alkanes of at least 4 members (excludes halogenated alkanes) is 4. The minimum Gasteiger partial charge on any atom is -1.00 e. The van der Waals surface area contributed by atoms with Gasteiger partial charge in [0, 0.05) is 60.8 Å². The number of ketones is 2. The molecule has 5 aliphatic carbocycles. The summed E-state index contributed by atoms with van der Waals surface area (Å²) in [5.41, 5.74) is 2.33. The van der Waals surface area contributed by atoms with E-state index in [1.165, 1.54) is 18.1 Å². The van der Waals surface area contributed by atoms with Crippen LogP contribution < -0.4 is 22.2 Å². The Kier molecular flexibility index (Phi) is 19.8. The molecule has 1 spiro atoms. The third-order valence-corrected chi connectivity index (χ3v) is 19.2. The van der Waals surface area contributed by atoms with Gasteiger partial charge in [-0.1, -0.05) is 94.0 Å². The number of Topliss-reactive ketones (excluding diaryl/α,β-unsaturated/α-hetero) is 1. The predicted molar refractivity (Wildman–Crippen MR) is 285 cm³/mol. The molecule has 6 fully saturated rings. The number of hydrogen-bond acceptors (Lipinski definition) is 12. The normalized spacial score (nSPS) is 31.0. The number of aliphatic hydroxyl groups excluding tert-OH is 2. The molecule has 0 aromatic heterocycles. The summed E-state index contributed by atoms with van der Waals surface area (Å²) in [6.45, 7) is 8.30. The molecule has 426 valence electrons. The molecule has 9 rings (SSSR count). The predicted octanol–water partition coefficient (Wildman–Crippen LogP) is 5.51. The maximum atomic E-state index is 14.6. The Morgan fingerprint density at radius 3 is 2.38 bits per heavy atom. The lowest BCUT2D eigenvalue weighted by Gasteiger charge is -2.63. The first-order valence-electron chi connectivity index (χ1n) is 28.5. The van der Waals surface area contributed by atoms with E-state index in [-0.39, 0.29) is 53.8 Å². The zero-order valence-electron chi connectivity index (χ0n) is 45.5. The molecular formula is C59H85ClN3O13P. The lowest BCUT2D eigenvalue weighted by molar-refractivity contribution is -0.926. The number of aryl methyl sites for hydroxylation is 1. The molecule has 7 aliphatic rings. The SMILES string of the molecule is C[C@]12C=CC(=O)C=C1CCC1C2[C@@H](O)C[C@@]2(C)C1C1(C[C@@H]2C(=O)COC(=O)N2CC[N+](C)(Cc3cc(C(O)CNCCCCCCOCCCCc4ccccc4)ccc3OP(=O)(O)O)CC2)OC(C2CCCCC2)O1.[Cl-]. The van der Waals surface area contributed by atoms with Crippen LogP contribution in [0.4, 0.5) is 4.79 Å². The first kappa shape index (κ1) is 59.6. The van der Waals surface area contributed by atoms with Crippen molar-refractivity contribution in [1.82, 2.24) is 10.2 Å². The number of carbonyl (C=O) groups excluding carboxylic acids is 3. The minimum absolute atomic E-state index is 0. The van der Waals surface area contributed by atoms with Crippen LogP contribution in [-0.2, 0) is 46.1 Å². The molecule has 2 aliphatic heterocycles. The van der Waals surface area contributed by atoms with Gasteiger partial charge in [0.1, 0.15) is 12.3 Å². The number of piperazine rings is 1. The molecule has 5 N–H and O–H groups in total. The summed E-state index contributed by atoms with van der Waals surface area (Å²) in [7, 11) is -2.90. The Morgan fingerprint density at radius 2 is 1.65 bits per heavy atom. The van der Waals surface area contributed by atoms with Gasteiger partial charge >= 0.3 is 13.9 Å². The third kappa shape index (κ3) is 13.8. The van der Waals surface area contributed by atoms with E-state index in [9.17, 15) is 38.9 Å². The number of carbonyl (C=O) groups is 3. The molecule has 2 aromatic carbocycles. The first-order valence-corrected chi connectivity index (χ1v) is 30.1. The van der Waals surface area contributed by atoms with Crippen LogP contribution in [-0.4, -0.2) is 131 Å². The molecule has 2 saturated heterocycles. The number of fused-ring (bicyclic) bond motifs is 6. The van der Waals surface area contributed by atoms with Crippen molar-refractivity contribution in [2.24, 2.45) is 40.4 Å². The molecule has 77 heavy (non-hydrogen) atoms. The van der Waals surface area contributed by atoms with Gasteiger partial charge in [-0.3, -0.25) is 24.3 Å². The molecule has 2 aromatic rings. The number of nitrogens with zero attached hydrogens (tertiary/aromatic N) is 2. The average molecular weight is 1110 g/mol. The molecule has 0 radical (unpaired) electrons. The van der Waals surface area contributed by atoms with Crippen molar-refractivity contribution in [3.05, 3.63) is 89.0 Å². The molecule has 1 amide bonds. The molecule has 18 heteroatoms. The molecule has 4 saturated carbocycles. The van der Waals surface area contributed by atoms with E-state index < -0.39 is 55.3 Å². The molecular weight excluding hydrogens is 1030 g/mol. The zero-order chi connectivity index (χ0) is 53.7. The second kappa shape index (κ2) is 25.5. The second-order valence-electron chi connectivity index (χ2n) is 24.1. The van der Waals surface area contributed by atoms with E-state index in [4.69, 9.17) is 23.5 Å². The number of quaternary nitrogens is 1. The van der Waals surface area contributed by atoms with E-state index >= 15 is 0 Å². The number of allylic oxidation sites excluding steroid dienone is 4. The van der Waals surface area contributed by atoms with Gasteiger partial charge < -0.3 is 55.9 Å². The van der Waals surface area contributed by atoms with Crippen molar-refractivity contribution in [2.75, 3.05) is 66.1 Å². The smallest absolute Gasteiger partial charge is 0.524 e. The van der Waals surface area contributed by atoms with Crippen molar-refractivity contribution in [1.29, 1.82) is 0 Å². The minimum atomic E-state index is -4.90. The van der Waals surface area contributed by atoms with Crippen LogP contribution in [0.1, 0.15) is 133 Å². The molecule has 4 unspecified atom stereocenters. The molecule has 2 heterocycles. The number of likely N-dealkylation sites (N-methyl/N-ethyl adjacent to an activating group) is 1. The van der Waals surface area contributed by atoms with E-state index in [0.29, 0.717) is 80.1 Å². The van der Waals surface area contributed by atoms with E-state index in [1.807, 2.05) is 19.2 Å². The Balaban J connectivity index is 0.00000784. The van der Waals surface area contributed by atoms with Crippen molar-refractivity contribution >= 4 is 25.5 Å². The van der Waals surface area contributed by atoms with E-state index in [0.717, 1.165) is 102 Å². The highest BCUT2D eigenvalue weighted by Gasteiger charge is 2.74. The average Bonchev–Trinajstić information content (AvgIpc) is 3.82. The zero-order valence-corrected chi connectivity index (χ0v) is 47.2. The Bertz CT molecular complexity index is 2450. The summed E-state index contributed by atoms with van der Waals surface area (Å²) >= 11 is 0. The third-order valence-electron chi connectivity index (χ3n) is 18.7. The number of halogens is 1. The maximum Gasteiger partial charge on any atom is 0.524 e. The van der Waals surface area contributed by atoms with Crippen LogP contribution in [0.3, 0.4) is 0 Å². The van der Waals surface area contributed by atoms with E-state index in [2.05, 4.69) is 43.4 Å². The fourth-order valence-electron chi connectivity index (χ4n) is 14.8. The summed E-state index contributed by atoms with van der Waals surface area (Å²) in [6.07, 6.45) is 17.9. The number of hydrogen-bond donors (Lipinski definition) is 5. The summed E-state index contributed by atoms with van der Waals surface area (Å²) in [4.78, 5) is 62.0. The monoisotopic (exact) mass is 1110 g/mol. The summed E-state index contributed by atoms with van der Waals surface area (Å²) in [5.74, 6) is -1.88. The second-order valence-corrected chi connectivity index (χ2v) is 25.3. The lowest BCUT2D eigenvalue weighted by Crippen LogP contribution is -3.00. The van der Waals surface area contributed by atoms with Crippen LogP contribution in [0.15, 0.2) is 72.3 Å². The number of rotatable bonds is 23. The fourth-order valence-corrected chi connectivity index (χ4v) is 15.2. The lowest BCUT2D eigenvalue weighted by atomic mass is 9.46. The van der Waals surface area contributed by atoms with E-state index in [1.54, 1.807) is 29.2 Å². The Morgan fingerprint density at radius 1 is 0.935 bits per heavy atom. The van der Waals surface area contributed by atoms with Crippen LogP contribution in [0.2, 0.25) is 0 Å². The standard InChI is InChI=1S/C59H84N3O13P.ClH/c1-57-26-25-46(63)35-45(57)22-23-47-53(57)49(64)37-58(2)48(36-59(54(47)58)73-55(74-59)42-19-10-7-11-20-42)51(66)40-72-56(67)61-28-30-62(3,31-29-61)39-44-34-43(21-24-52(44)75-76(68,69)70)50(65)38-60-27-13-4-5-14-32-71-33-15-12-18-41-16-8-6-9-17-41;/h6,8-9,16-17,21,24-26,34-35,42,47-50,53-55,60,64-65H,4-5,7,10-15,18-20,22-23,27-33,36-40H2,1-3H3,(H-,68,69,70);1H/t47?,48-,49+,50?,53?,54?,55?,57+,58-,59?;/m1./s1. The van der Waals surface area contributed by atoms with Crippen molar-refractivity contribution in [3.63, 3.8) is 0 Å². The number of phosphoric ester groups is 1. The maximum absolute atomic E-state index is 14.6. The van der Waals surface area contributed by atoms with Gasteiger partial charge in [-0.25, -0.2) is 9.36 Å². The number of nitrogens with one attached hydrogen (secondary N) is 1. The molecule has 0 bridgehead atoms.